The molecule has 0 radical (unpaired) electrons. The summed E-state index contributed by atoms with van der Waals surface area (Å²) in [6, 6.07) is 18.5. The first-order chi connectivity index (χ1) is 14.9. The fraction of sp³-hybridized carbons (Fsp3) is 0.0435. The highest BCUT2D eigenvalue weighted by Gasteiger charge is 2.22. The predicted octanol–water partition coefficient (Wildman–Crippen LogP) is 4.56. The second kappa shape index (κ2) is 8.19. The molecule has 0 spiro atoms. The molecule has 1 heterocycles. The summed E-state index contributed by atoms with van der Waals surface area (Å²) < 4.78 is 15.0. The number of nitro benzene ring substituents is 1. The molecule has 0 aliphatic carbocycles. The number of aromatic nitrogens is 1. The van der Waals surface area contributed by atoms with Crippen LogP contribution in [0.4, 0.5) is 15.8 Å². The third-order valence-electron chi connectivity index (χ3n) is 4.84. The average Bonchev–Trinajstić information content (AvgIpc) is 3.13. The van der Waals surface area contributed by atoms with Gasteiger partial charge in [-0.1, -0.05) is 30.3 Å². The van der Waals surface area contributed by atoms with E-state index in [1.54, 1.807) is 30.5 Å². The molecule has 0 unspecified atom stereocenters. The summed E-state index contributed by atoms with van der Waals surface area (Å²) in [7, 11) is 0. The lowest BCUT2D eigenvalue weighted by molar-refractivity contribution is -0.384. The number of ketones is 1. The molecule has 4 aromatic rings. The smallest absolute Gasteiger partial charge is 0.296 e. The van der Waals surface area contributed by atoms with Gasteiger partial charge in [0, 0.05) is 41.5 Å². The van der Waals surface area contributed by atoms with Gasteiger partial charge in [0.25, 0.3) is 17.4 Å². The van der Waals surface area contributed by atoms with Crippen LogP contribution in [-0.2, 0) is 11.3 Å². The molecule has 4 rings (SSSR count). The van der Waals surface area contributed by atoms with Crippen LogP contribution in [0.5, 0.6) is 0 Å². The van der Waals surface area contributed by atoms with E-state index in [0.717, 1.165) is 11.1 Å². The number of para-hydroxylation sites is 1. The SMILES string of the molecule is O=C(Nc1ccc([N+](=O)[O-])cc1)C(=O)c1cn(Cc2ccc(F)cc2)c2ccccc12. The number of nitro groups is 1. The molecule has 31 heavy (non-hydrogen) atoms. The van der Waals surface area contributed by atoms with Crippen LogP contribution in [0.25, 0.3) is 10.9 Å². The summed E-state index contributed by atoms with van der Waals surface area (Å²) in [6.45, 7) is 0.401. The molecule has 3 aromatic carbocycles. The van der Waals surface area contributed by atoms with Gasteiger partial charge in [0.2, 0.25) is 0 Å². The van der Waals surface area contributed by atoms with E-state index in [1.165, 1.54) is 36.4 Å². The van der Waals surface area contributed by atoms with E-state index in [-0.39, 0.29) is 22.8 Å². The van der Waals surface area contributed by atoms with Crippen LogP contribution in [0.1, 0.15) is 15.9 Å². The van der Waals surface area contributed by atoms with Gasteiger partial charge in [-0.05, 0) is 35.9 Å². The third kappa shape index (κ3) is 4.18. The number of nitrogens with one attached hydrogen (secondary N) is 1. The maximum absolute atomic E-state index is 13.2. The number of amides is 1. The number of Topliss-reactive ketones (excluding diaryl/α,β-unsaturated/α-hetero) is 1. The molecule has 0 fully saturated rings. The second-order valence-electron chi connectivity index (χ2n) is 6.90. The van der Waals surface area contributed by atoms with E-state index in [2.05, 4.69) is 5.32 Å². The monoisotopic (exact) mass is 417 g/mol. The Morgan fingerprint density at radius 2 is 1.65 bits per heavy atom. The highest BCUT2D eigenvalue weighted by Crippen LogP contribution is 2.24. The first-order valence-corrected chi connectivity index (χ1v) is 9.35. The zero-order chi connectivity index (χ0) is 22.0. The highest BCUT2D eigenvalue weighted by atomic mass is 19.1. The van der Waals surface area contributed by atoms with E-state index in [0.29, 0.717) is 11.9 Å². The van der Waals surface area contributed by atoms with Gasteiger partial charge in [0.1, 0.15) is 5.82 Å². The molecule has 0 aliphatic rings. The summed E-state index contributed by atoms with van der Waals surface area (Å²) in [4.78, 5) is 35.6. The standard InChI is InChI=1S/C23H16FN3O4/c24-16-7-5-15(6-8-16)13-26-14-20(19-3-1-2-4-21(19)26)22(28)23(29)25-17-9-11-18(12-10-17)27(30)31/h1-12,14H,13H2,(H,25,29). The predicted molar refractivity (Wildman–Crippen MR) is 113 cm³/mol. The number of hydrogen-bond donors (Lipinski definition) is 1. The molecular weight excluding hydrogens is 401 g/mol. The summed E-state index contributed by atoms with van der Waals surface area (Å²) in [6.07, 6.45) is 1.60. The summed E-state index contributed by atoms with van der Waals surface area (Å²) in [5.41, 5.74) is 2.00. The number of anilines is 1. The average molecular weight is 417 g/mol. The van der Waals surface area contributed by atoms with E-state index >= 15 is 0 Å². The Balaban J connectivity index is 1.60. The van der Waals surface area contributed by atoms with Gasteiger partial charge in [-0.2, -0.15) is 0 Å². The molecule has 0 bridgehead atoms. The lowest BCUT2D eigenvalue weighted by Gasteiger charge is -2.05. The zero-order valence-electron chi connectivity index (χ0n) is 16.1. The van der Waals surface area contributed by atoms with Crippen molar-refractivity contribution in [3.63, 3.8) is 0 Å². The topological polar surface area (TPSA) is 94.2 Å². The van der Waals surface area contributed by atoms with Gasteiger partial charge in [-0.3, -0.25) is 19.7 Å². The minimum atomic E-state index is -0.849. The summed E-state index contributed by atoms with van der Waals surface area (Å²) in [5, 5.41) is 13.8. The van der Waals surface area contributed by atoms with Crippen molar-refractivity contribution in [1.29, 1.82) is 0 Å². The van der Waals surface area contributed by atoms with E-state index in [1.807, 2.05) is 16.7 Å². The van der Waals surface area contributed by atoms with Crippen LogP contribution in [0, 0.1) is 15.9 Å². The Morgan fingerprint density at radius 1 is 0.968 bits per heavy atom. The fourth-order valence-electron chi connectivity index (χ4n) is 3.32. The Labute approximate surface area is 175 Å². The van der Waals surface area contributed by atoms with Crippen molar-refractivity contribution in [2.75, 3.05) is 5.32 Å². The lowest BCUT2D eigenvalue weighted by atomic mass is 10.1. The normalized spacial score (nSPS) is 10.7. The van der Waals surface area contributed by atoms with Gasteiger partial charge in [-0.15, -0.1) is 0 Å². The number of carbonyl (C=O) groups is 2. The molecule has 0 saturated carbocycles. The van der Waals surface area contributed by atoms with Gasteiger partial charge in [0.15, 0.2) is 0 Å². The minimum Gasteiger partial charge on any atom is -0.342 e. The Hall–Kier alpha value is -4.33. The Bertz CT molecular complexity index is 1290. The third-order valence-corrected chi connectivity index (χ3v) is 4.84. The van der Waals surface area contributed by atoms with Gasteiger partial charge in [-0.25, -0.2) is 4.39 Å². The minimum absolute atomic E-state index is 0.117. The molecule has 0 saturated heterocycles. The second-order valence-corrected chi connectivity index (χ2v) is 6.90. The van der Waals surface area contributed by atoms with Crippen LogP contribution < -0.4 is 5.32 Å². The van der Waals surface area contributed by atoms with Crippen molar-refractivity contribution in [3.05, 3.63) is 106 Å². The quantitative estimate of drug-likeness (QED) is 0.215. The number of nitrogens with zero attached hydrogens (tertiary/aromatic N) is 2. The molecule has 1 aromatic heterocycles. The van der Waals surface area contributed by atoms with Crippen molar-refractivity contribution in [2.45, 2.75) is 6.54 Å². The summed E-state index contributed by atoms with van der Waals surface area (Å²) in [5.74, 6) is -1.91. The van der Waals surface area contributed by atoms with E-state index in [9.17, 15) is 24.1 Å². The summed E-state index contributed by atoms with van der Waals surface area (Å²) >= 11 is 0. The molecular formula is C23H16FN3O4. The van der Waals surface area contributed by atoms with Gasteiger partial charge >= 0.3 is 0 Å². The zero-order valence-corrected chi connectivity index (χ0v) is 16.1. The first kappa shape index (κ1) is 20.0. The van der Waals surface area contributed by atoms with Crippen LogP contribution in [-0.4, -0.2) is 21.2 Å². The molecule has 8 heteroatoms. The van der Waals surface area contributed by atoms with Crippen molar-refractivity contribution < 1.29 is 18.9 Å². The highest BCUT2D eigenvalue weighted by molar-refractivity contribution is 6.48. The van der Waals surface area contributed by atoms with Crippen molar-refractivity contribution in [3.8, 4) is 0 Å². The lowest BCUT2D eigenvalue weighted by Crippen LogP contribution is -2.22. The number of carbonyl (C=O) groups excluding carboxylic acids is 2. The molecule has 1 amide bonds. The van der Waals surface area contributed by atoms with Crippen molar-refractivity contribution >= 4 is 34.0 Å². The molecule has 1 N–H and O–H groups in total. The Kier molecular flexibility index (Phi) is 5.28. The van der Waals surface area contributed by atoms with Crippen LogP contribution in [0.3, 0.4) is 0 Å². The van der Waals surface area contributed by atoms with E-state index < -0.39 is 16.6 Å². The number of fused-ring (bicyclic) bond motifs is 1. The maximum atomic E-state index is 13.2. The number of benzene rings is 3. The maximum Gasteiger partial charge on any atom is 0.296 e. The molecule has 0 aliphatic heterocycles. The van der Waals surface area contributed by atoms with Crippen LogP contribution in [0.15, 0.2) is 79.0 Å². The van der Waals surface area contributed by atoms with Crippen LogP contribution in [0.2, 0.25) is 0 Å². The first-order valence-electron chi connectivity index (χ1n) is 9.35. The van der Waals surface area contributed by atoms with Crippen molar-refractivity contribution in [1.82, 2.24) is 4.57 Å². The fourth-order valence-corrected chi connectivity index (χ4v) is 3.32. The molecule has 7 nitrogen and oxygen atoms in total. The number of rotatable bonds is 6. The van der Waals surface area contributed by atoms with Crippen molar-refractivity contribution in [2.24, 2.45) is 0 Å². The Morgan fingerprint density at radius 3 is 2.32 bits per heavy atom. The number of hydrogen-bond acceptors (Lipinski definition) is 4. The molecule has 0 atom stereocenters. The molecule has 154 valence electrons. The number of non-ortho nitro benzene ring substituents is 1. The van der Waals surface area contributed by atoms with E-state index in [4.69, 9.17) is 0 Å². The largest absolute Gasteiger partial charge is 0.342 e. The van der Waals surface area contributed by atoms with Crippen LogP contribution >= 0.6 is 0 Å². The van der Waals surface area contributed by atoms with Gasteiger partial charge < -0.3 is 9.88 Å². The van der Waals surface area contributed by atoms with Gasteiger partial charge in [0.05, 0.1) is 10.5 Å². The number of halogens is 1.